The molecule has 0 saturated heterocycles. The molecule has 6 nitrogen and oxygen atoms in total. The summed E-state index contributed by atoms with van der Waals surface area (Å²) in [6.07, 6.45) is -0.676. The average molecular weight is 433 g/mol. The van der Waals surface area contributed by atoms with Gasteiger partial charge in [0.15, 0.2) is 6.10 Å². The fourth-order valence-corrected chi connectivity index (χ4v) is 4.07. The van der Waals surface area contributed by atoms with Crippen LogP contribution in [0.2, 0.25) is 0 Å². The van der Waals surface area contributed by atoms with E-state index in [9.17, 15) is 13.2 Å². The van der Waals surface area contributed by atoms with Crippen LogP contribution in [-0.4, -0.2) is 27.0 Å². The molecule has 0 spiro atoms. The van der Waals surface area contributed by atoms with Crippen LogP contribution in [0.4, 0.5) is 5.69 Å². The van der Waals surface area contributed by atoms with Crippen molar-refractivity contribution in [3.05, 3.63) is 53.6 Å². The van der Waals surface area contributed by atoms with Gasteiger partial charge in [-0.2, -0.15) is 0 Å². The van der Waals surface area contributed by atoms with Gasteiger partial charge in [0.2, 0.25) is 0 Å². The van der Waals surface area contributed by atoms with Gasteiger partial charge >= 0.3 is 0 Å². The van der Waals surface area contributed by atoms with Crippen molar-refractivity contribution in [1.82, 2.24) is 5.32 Å². The number of carbonyl (C=O) groups is 1. The van der Waals surface area contributed by atoms with Gasteiger partial charge < -0.3 is 10.1 Å². The Balaban J connectivity index is 2.13. The van der Waals surface area contributed by atoms with Crippen LogP contribution >= 0.6 is 0 Å². The van der Waals surface area contributed by atoms with E-state index in [4.69, 9.17) is 4.74 Å². The van der Waals surface area contributed by atoms with Crippen LogP contribution in [-0.2, 0) is 14.8 Å². The third-order valence-electron chi connectivity index (χ3n) is 4.66. The summed E-state index contributed by atoms with van der Waals surface area (Å²) in [7, 11) is -3.76. The lowest BCUT2D eigenvalue weighted by atomic mass is 9.99. The number of hydrogen-bond donors (Lipinski definition) is 2. The molecule has 2 aromatic rings. The van der Waals surface area contributed by atoms with E-state index >= 15 is 0 Å². The Morgan fingerprint density at radius 2 is 1.63 bits per heavy atom. The minimum atomic E-state index is -3.76. The van der Waals surface area contributed by atoms with Gasteiger partial charge in [0.1, 0.15) is 5.75 Å². The molecule has 0 aliphatic rings. The van der Waals surface area contributed by atoms with Gasteiger partial charge in [-0.05, 0) is 61.1 Å². The van der Waals surface area contributed by atoms with Crippen molar-refractivity contribution in [1.29, 1.82) is 0 Å². The summed E-state index contributed by atoms with van der Waals surface area (Å²) >= 11 is 0. The third kappa shape index (κ3) is 6.23. The van der Waals surface area contributed by atoms with Crippen molar-refractivity contribution in [2.75, 3.05) is 11.3 Å². The Morgan fingerprint density at radius 1 is 1.00 bits per heavy atom. The van der Waals surface area contributed by atoms with E-state index in [1.165, 1.54) is 12.1 Å². The number of benzene rings is 2. The zero-order valence-electron chi connectivity index (χ0n) is 18.5. The molecule has 0 unspecified atom stereocenters. The summed E-state index contributed by atoms with van der Waals surface area (Å²) in [6.45, 7) is 12.2. The largest absolute Gasteiger partial charge is 0.481 e. The Hall–Kier alpha value is -2.54. The normalized spacial score (nSPS) is 12.7. The molecule has 2 rings (SSSR count). The number of hydrogen-bond acceptors (Lipinski definition) is 4. The summed E-state index contributed by atoms with van der Waals surface area (Å²) in [4.78, 5) is 12.2. The number of nitrogens with one attached hydrogen (secondary N) is 2. The van der Waals surface area contributed by atoms with Gasteiger partial charge in [0, 0.05) is 6.54 Å². The minimum absolute atomic E-state index is 0.129. The summed E-state index contributed by atoms with van der Waals surface area (Å²) in [5.74, 6) is 0.757. The van der Waals surface area contributed by atoms with E-state index in [2.05, 4.69) is 10.0 Å². The molecular formula is C23H32N2O4S. The van der Waals surface area contributed by atoms with Gasteiger partial charge in [0.05, 0.1) is 10.6 Å². The lowest BCUT2D eigenvalue weighted by molar-refractivity contribution is -0.127. The van der Waals surface area contributed by atoms with Gasteiger partial charge in [-0.1, -0.05) is 45.9 Å². The molecule has 2 N–H and O–H groups in total. The highest BCUT2D eigenvalue weighted by molar-refractivity contribution is 7.92. The highest BCUT2D eigenvalue weighted by Crippen LogP contribution is 2.30. The summed E-state index contributed by atoms with van der Waals surface area (Å²) in [5, 5.41) is 2.81. The summed E-state index contributed by atoms with van der Waals surface area (Å²) in [5.41, 5.74) is 2.42. The third-order valence-corrected chi connectivity index (χ3v) is 6.03. The van der Waals surface area contributed by atoms with E-state index < -0.39 is 16.1 Å². The van der Waals surface area contributed by atoms with E-state index in [-0.39, 0.29) is 16.7 Å². The molecule has 1 amide bonds. The average Bonchev–Trinajstić information content (AvgIpc) is 2.67. The SMILES string of the molecule is Cc1cccc(C(C)C)c1NS(=O)(=O)c1ccc(O[C@@H](C)C(=O)NCC(C)C)cc1. The molecule has 30 heavy (non-hydrogen) atoms. The quantitative estimate of drug-likeness (QED) is 0.613. The molecule has 7 heteroatoms. The summed E-state index contributed by atoms with van der Waals surface area (Å²) < 4.78 is 34.2. The number of sulfonamides is 1. The van der Waals surface area contributed by atoms with Crippen LogP contribution in [0.25, 0.3) is 0 Å². The molecule has 164 valence electrons. The van der Waals surface area contributed by atoms with Gasteiger partial charge in [-0.25, -0.2) is 8.42 Å². The fourth-order valence-electron chi connectivity index (χ4n) is 2.91. The second-order valence-corrected chi connectivity index (χ2v) is 9.85. The van der Waals surface area contributed by atoms with Gasteiger partial charge in [-0.3, -0.25) is 9.52 Å². The molecule has 0 saturated carbocycles. The van der Waals surface area contributed by atoms with E-state index in [0.29, 0.717) is 23.9 Å². The standard InChI is InChI=1S/C23H32N2O4S/c1-15(2)14-24-23(26)18(6)29-19-10-12-20(13-11-19)30(27,28)25-22-17(5)8-7-9-21(22)16(3)4/h7-13,15-16,18,25H,14H2,1-6H3,(H,24,26)/t18-/m0/s1. The Labute approximate surface area is 180 Å². The first kappa shape index (κ1) is 23.7. The fraction of sp³-hybridized carbons (Fsp3) is 0.435. The second kappa shape index (κ2) is 9.98. The van der Waals surface area contributed by atoms with E-state index in [0.717, 1.165) is 11.1 Å². The van der Waals surface area contributed by atoms with Crippen LogP contribution in [0, 0.1) is 12.8 Å². The predicted molar refractivity (Wildman–Crippen MR) is 120 cm³/mol. The van der Waals surface area contributed by atoms with Crippen LogP contribution in [0.5, 0.6) is 5.75 Å². The zero-order valence-corrected chi connectivity index (χ0v) is 19.3. The van der Waals surface area contributed by atoms with Crippen LogP contribution < -0.4 is 14.8 Å². The zero-order chi connectivity index (χ0) is 22.5. The van der Waals surface area contributed by atoms with Crippen LogP contribution in [0.3, 0.4) is 0 Å². The first-order valence-corrected chi connectivity index (χ1v) is 11.7. The minimum Gasteiger partial charge on any atom is -0.481 e. The molecule has 0 heterocycles. The van der Waals surface area contributed by atoms with Crippen molar-refractivity contribution >= 4 is 21.6 Å². The number of aryl methyl sites for hydroxylation is 1. The molecule has 0 bridgehead atoms. The first-order valence-electron chi connectivity index (χ1n) is 10.2. The van der Waals surface area contributed by atoms with Gasteiger partial charge in [0.25, 0.3) is 15.9 Å². The van der Waals surface area contributed by atoms with Crippen molar-refractivity contribution in [3.8, 4) is 5.75 Å². The van der Waals surface area contributed by atoms with Crippen molar-refractivity contribution in [2.45, 2.75) is 58.5 Å². The number of ether oxygens (including phenoxy) is 1. The monoisotopic (exact) mass is 432 g/mol. The molecule has 0 aromatic heterocycles. The highest BCUT2D eigenvalue weighted by Gasteiger charge is 2.19. The van der Waals surface area contributed by atoms with Crippen molar-refractivity contribution < 1.29 is 17.9 Å². The number of carbonyl (C=O) groups excluding carboxylic acids is 1. The van der Waals surface area contributed by atoms with Crippen LogP contribution in [0.15, 0.2) is 47.4 Å². The van der Waals surface area contributed by atoms with Crippen molar-refractivity contribution in [3.63, 3.8) is 0 Å². The highest BCUT2D eigenvalue weighted by atomic mass is 32.2. The molecule has 0 aliphatic heterocycles. The summed E-state index contributed by atoms with van der Waals surface area (Å²) in [6, 6.07) is 11.8. The maximum atomic E-state index is 12.9. The van der Waals surface area contributed by atoms with E-state index in [1.54, 1.807) is 19.1 Å². The number of rotatable bonds is 9. The predicted octanol–water partition coefficient (Wildman–Crippen LogP) is 4.46. The molecule has 0 fully saturated rings. The van der Waals surface area contributed by atoms with Gasteiger partial charge in [-0.15, -0.1) is 0 Å². The number of para-hydroxylation sites is 1. The smallest absolute Gasteiger partial charge is 0.261 e. The first-order chi connectivity index (χ1) is 14.0. The topological polar surface area (TPSA) is 84.5 Å². The molecule has 0 radical (unpaired) electrons. The second-order valence-electron chi connectivity index (χ2n) is 8.17. The lowest BCUT2D eigenvalue weighted by Crippen LogP contribution is -2.38. The van der Waals surface area contributed by atoms with Crippen molar-refractivity contribution in [2.24, 2.45) is 5.92 Å². The maximum Gasteiger partial charge on any atom is 0.261 e. The molecular weight excluding hydrogens is 400 g/mol. The Morgan fingerprint density at radius 3 is 2.20 bits per heavy atom. The van der Waals surface area contributed by atoms with Crippen LogP contribution in [0.1, 0.15) is 51.7 Å². The molecule has 2 aromatic carbocycles. The van der Waals surface area contributed by atoms with E-state index in [1.807, 2.05) is 52.8 Å². The molecule has 1 atom stereocenters. The lowest BCUT2D eigenvalue weighted by Gasteiger charge is -2.18. The Kier molecular flexibility index (Phi) is 7.89. The number of amides is 1. The maximum absolute atomic E-state index is 12.9. The molecule has 0 aliphatic carbocycles. The number of anilines is 1. The Bertz CT molecular complexity index is 967.